The Morgan fingerprint density at radius 3 is 2.42 bits per heavy atom. The minimum absolute atomic E-state index is 0.435. The van der Waals surface area contributed by atoms with Gasteiger partial charge in [-0.3, -0.25) is 0 Å². The van der Waals surface area contributed by atoms with Crippen LogP contribution < -0.4 is 0 Å². The Labute approximate surface area is 75.2 Å². The van der Waals surface area contributed by atoms with Gasteiger partial charge in [-0.05, 0) is 48.9 Å². The molecule has 0 radical (unpaired) electrons. The van der Waals surface area contributed by atoms with Gasteiger partial charge in [-0.2, -0.15) is 0 Å². The third kappa shape index (κ3) is 1.10. The highest BCUT2D eigenvalue weighted by Crippen LogP contribution is 2.54. The summed E-state index contributed by atoms with van der Waals surface area (Å²) in [4.78, 5) is 0. The first-order valence-corrected chi connectivity index (χ1v) is 5.35. The van der Waals surface area contributed by atoms with E-state index >= 15 is 0 Å². The summed E-state index contributed by atoms with van der Waals surface area (Å²) >= 11 is 0. The monoisotopic (exact) mass is 168 g/mol. The van der Waals surface area contributed by atoms with Crippen LogP contribution in [-0.4, -0.2) is 11.7 Å². The van der Waals surface area contributed by atoms with Crippen molar-refractivity contribution in [2.24, 2.45) is 29.6 Å². The Bertz CT molecular complexity index is 164. The Morgan fingerprint density at radius 2 is 1.92 bits per heavy atom. The van der Waals surface area contributed by atoms with Crippen LogP contribution in [0.3, 0.4) is 0 Å². The smallest absolute Gasteiger partial charge is 0.0464 e. The second-order valence-electron chi connectivity index (χ2n) is 5.00. The zero-order valence-corrected chi connectivity index (χ0v) is 8.16. The topological polar surface area (TPSA) is 20.2 Å². The normalized spacial score (nSPS) is 46.0. The lowest BCUT2D eigenvalue weighted by Crippen LogP contribution is -2.29. The molecule has 0 heterocycles. The molecule has 2 saturated carbocycles. The van der Waals surface area contributed by atoms with Gasteiger partial charge in [0.2, 0.25) is 0 Å². The molecular weight excluding hydrogens is 148 g/mol. The first kappa shape index (κ1) is 8.55. The van der Waals surface area contributed by atoms with Crippen LogP contribution in [0.5, 0.6) is 0 Å². The summed E-state index contributed by atoms with van der Waals surface area (Å²) in [5, 5.41) is 9.31. The zero-order chi connectivity index (χ0) is 8.72. The van der Waals surface area contributed by atoms with E-state index in [4.69, 9.17) is 0 Å². The van der Waals surface area contributed by atoms with E-state index in [1.165, 1.54) is 19.3 Å². The van der Waals surface area contributed by atoms with Crippen molar-refractivity contribution in [3.8, 4) is 0 Å². The Morgan fingerprint density at radius 1 is 1.25 bits per heavy atom. The third-order valence-electron chi connectivity index (χ3n) is 4.14. The maximum atomic E-state index is 9.31. The highest BCUT2D eigenvalue weighted by atomic mass is 16.3. The Kier molecular flexibility index (Phi) is 2.16. The molecule has 12 heavy (non-hydrogen) atoms. The van der Waals surface area contributed by atoms with Crippen LogP contribution in [0.1, 0.15) is 33.1 Å². The summed E-state index contributed by atoms with van der Waals surface area (Å²) in [6.07, 6.45) is 4.23. The molecule has 0 aromatic heterocycles. The summed E-state index contributed by atoms with van der Waals surface area (Å²) in [5.41, 5.74) is 0. The van der Waals surface area contributed by atoms with Crippen molar-refractivity contribution in [3.63, 3.8) is 0 Å². The maximum absolute atomic E-state index is 9.31. The minimum atomic E-state index is 0.435. The number of hydrogen-bond acceptors (Lipinski definition) is 1. The summed E-state index contributed by atoms with van der Waals surface area (Å²) in [5.74, 6) is 4.06. The number of aliphatic hydroxyl groups is 1. The molecule has 4 unspecified atom stereocenters. The molecule has 0 aromatic rings. The average Bonchev–Trinajstić information content (AvgIpc) is 2.60. The van der Waals surface area contributed by atoms with Crippen molar-refractivity contribution in [3.05, 3.63) is 0 Å². The standard InChI is InChI=1S/C11H20O/c1-7(2)11-9-4-3-8(5-9)10(11)6-12/h7-12H,3-6H2,1-2H3. The van der Waals surface area contributed by atoms with Crippen molar-refractivity contribution in [1.29, 1.82) is 0 Å². The molecule has 0 saturated heterocycles. The summed E-state index contributed by atoms with van der Waals surface area (Å²) in [6.45, 7) is 5.06. The van der Waals surface area contributed by atoms with Crippen LogP contribution in [0, 0.1) is 29.6 Å². The second-order valence-corrected chi connectivity index (χ2v) is 5.00. The highest BCUT2D eigenvalue weighted by Gasteiger charge is 2.47. The largest absolute Gasteiger partial charge is 0.396 e. The van der Waals surface area contributed by atoms with Crippen LogP contribution in [0.25, 0.3) is 0 Å². The Hall–Kier alpha value is -0.0400. The lowest BCUT2D eigenvalue weighted by molar-refractivity contribution is 0.0965. The molecule has 1 nitrogen and oxygen atoms in total. The van der Waals surface area contributed by atoms with E-state index in [0.29, 0.717) is 12.5 Å². The quantitative estimate of drug-likeness (QED) is 0.670. The molecule has 0 amide bonds. The molecule has 2 aliphatic rings. The fraction of sp³-hybridized carbons (Fsp3) is 1.00. The molecule has 2 aliphatic carbocycles. The van der Waals surface area contributed by atoms with Gasteiger partial charge in [0.25, 0.3) is 0 Å². The Balaban J connectivity index is 2.11. The number of hydrogen-bond donors (Lipinski definition) is 1. The van der Waals surface area contributed by atoms with Gasteiger partial charge in [-0.15, -0.1) is 0 Å². The first-order chi connectivity index (χ1) is 5.74. The molecule has 0 spiro atoms. The van der Waals surface area contributed by atoms with Crippen LogP contribution in [0.2, 0.25) is 0 Å². The van der Waals surface area contributed by atoms with Crippen molar-refractivity contribution in [1.82, 2.24) is 0 Å². The highest BCUT2D eigenvalue weighted by molar-refractivity contribution is 4.96. The van der Waals surface area contributed by atoms with Gasteiger partial charge in [0.1, 0.15) is 0 Å². The van der Waals surface area contributed by atoms with E-state index in [9.17, 15) is 5.11 Å². The number of fused-ring (bicyclic) bond motifs is 2. The van der Waals surface area contributed by atoms with Gasteiger partial charge in [0.05, 0.1) is 0 Å². The molecular formula is C11H20O. The number of aliphatic hydroxyl groups excluding tert-OH is 1. The van der Waals surface area contributed by atoms with Gasteiger partial charge in [0, 0.05) is 6.61 Å². The third-order valence-corrected chi connectivity index (χ3v) is 4.14. The van der Waals surface area contributed by atoms with Gasteiger partial charge < -0.3 is 5.11 Å². The van der Waals surface area contributed by atoms with Gasteiger partial charge in [-0.25, -0.2) is 0 Å². The molecule has 1 N–H and O–H groups in total. The second kappa shape index (κ2) is 3.02. The zero-order valence-electron chi connectivity index (χ0n) is 8.16. The van der Waals surface area contributed by atoms with Gasteiger partial charge >= 0.3 is 0 Å². The van der Waals surface area contributed by atoms with E-state index in [0.717, 1.165) is 23.7 Å². The summed E-state index contributed by atoms with van der Waals surface area (Å²) < 4.78 is 0. The van der Waals surface area contributed by atoms with Crippen LogP contribution >= 0.6 is 0 Å². The molecule has 1 heteroatoms. The van der Waals surface area contributed by atoms with E-state index in [2.05, 4.69) is 13.8 Å². The SMILES string of the molecule is CC(C)C1C2CCC(C2)C1CO. The van der Waals surface area contributed by atoms with Crippen molar-refractivity contribution in [2.45, 2.75) is 33.1 Å². The lowest BCUT2D eigenvalue weighted by atomic mass is 9.74. The predicted molar refractivity (Wildman–Crippen MR) is 49.7 cm³/mol. The molecule has 0 aliphatic heterocycles. The van der Waals surface area contributed by atoms with Crippen molar-refractivity contribution < 1.29 is 5.11 Å². The van der Waals surface area contributed by atoms with Crippen LogP contribution in [0.15, 0.2) is 0 Å². The molecule has 2 bridgehead atoms. The molecule has 4 atom stereocenters. The minimum Gasteiger partial charge on any atom is -0.396 e. The van der Waals surface area contributed by atoms with Crippen molar-refractivity contribution in [2.75, 3.05) is 6.61 Å². The molecule has 0 aromatic carbocycles. The van der Waals surface area contributed by atoms with E-state index in [1.54, 1.807) is 0 Å². The van der Waals surface area contributed by atoms with Crippen LogP contribution in [0.4, 0.5) is 0 Å². The molecule has 70 valence electrons. The molecule has 2 rings (SSSR count). The van der Waals surface area contributed by atoms with E-state index < -0.39 is 0 Å². The van der Waals surface area contributed by atoms with Gasteiger partial charge in [0.15, 0.2) is 0 Å². The summed E-state index contributed by atoms with van der Waals surface area (Å²) in [6, 6.07) is 0. The van der Waals surface area contributed by atoms with E-state index in [1.807, 2.05) is 0 Å². The average molecular weight is 168 g/mol. The van der Waals surface area contributed by atoms with Crippen LogP contribution in [-0.2, 0) is 0 Å². The van der Waals surface area contributed by atoms with E-state index in [-0.39, 0.29) is 0 Å². The maximum Gasteiger partial charge on any atom is 0.0464 e. The first-order valence-electron chi connectivity index (χ1n) is 5.35. The van der Waals surface area contributed by atoms with Crippen molar-refractivity contribution >= 4 is 0 Å². The summed E-state index contributed by atoms with van der Waals surface area (Å²) in [7, 11) is 0. The number of rotatable bonds is 2. The fourth-order valence-corrected chi connectivity index (χ4v) is 3.76. The van der Waals surface area contributed by atoms with Gasteiger partial charge in [-0.1, -0.05) is 13.8 Å². The predicted octanol–water partition coefficient (Wildman–Crippen LogP) is 2.30. The lowest BCUT2D eigenvalue weighted by Gasteiger charge is -2.32. The molecule has 2 fully saturated rings. The fourth-order valence-electron chi connectivity index (χ4n) is 3.76.